The van der Waals surface area contributed by atoms with Crippen molar-refractivity contribution in [3.8, 4) is 5.88 Å². The smallest absolute Gasteiger partial charge is 0.328 e. The van der Waals surface area contributed by atoms with Crippen molar-refractivity contribution in [3.63, 3.8) is 0 Å². The maximum atomic E-state index is 12.5. The number of aromatic amines is 2. The van der Waals surface area contributed by atoms with E-state index in [-0.39, 0.29) is 23.1 Å². The number of hydrogen-bond acceptors (Lipinski definition) is 8. The molecule has 0 radical (unpaired) electrons. The van der Waals surface area contributed by atoms with Gasteiger partial charge in [0, 0.05) is 24.1 Å². The van der Waals surface area contributed by atoms with Crippen LogP contribution in [0.1, 0.15) is 36.1 Å². The van der Waals surface area contributed by atoms with Crippen LogP contribution in [0.15, 0.2) is 63.1 Å². The number of carboxylic acid groups (broad SMARTS) is 1. The normalized spacial score (nSPS) is 16.1. The summed E-state index contributed by atoms with van der Waals surface area (Å²) in [5.41, 5.74) is 0.228. The zero-order valence-electron chi connectivity index (χ0n) is 20.6. The lowest BCUT2D eigenvalue weighted by Crippen LogP contribution is -2.29. The second kappa shape index (κ2) is 12.9. The summed E-state index contributed by atoms with van der Waals surface area (Å²) >= 11 is 7.00. The number of nitrogens with zero attached hydrogens (tertiary/aromatic N) is 1. The van der Waals surface area contributed by atoms with Gasteiger partial charge in [0.15, 0.2) is 5.17 Å². The summed E-state index contributed by atoms with van der Waals surface area (Å²) in [7, 11) is 0. The molecule has 2 aromatic carbocycles. The summed E-state index contributed by atoms with van der Waals surface area (Å²) in [4.78, 5) is 66.7. The average molecular weight is 574 g/mol. The Balaban J connectivity index is 0.000000983. The molecule has 4 rings (SSSR count). The van der Waals surface area contributed by atoms with Crippen LogP contribution in [0.25, 0.3) is 0 Å². The van der Waals surface area contributed by atoms with Crippen LogP contribution in [0.5, 0.6) is 5.88 Å². The fourth-order valence-electron chi connectivity index (χ4n) is 3.42. The molecule has 6 N–H and O–H groups in total. The summed E-state index contributed by atoms with van der Waals surface area (Å²) in [6, 6.07) is 12.6. The molecule has 1 aliphatic heterocycles. The third kappa shape index (κ3) is 8.32. The maximum Gasteiger partial charge on any atom is 0.328 e. The van der Waals surface area contributed by atoms with E-state index < -0.39 is 40.3 Å². The average Bonchev–Trinajstić information content (AvgIpc) is 3.18. The van der Waals surface area contributed by atoms with Gasteiger partial charge in [0.25, 0.3) is 11.5 Å². The quantitative estimate of drug-likeness (QED) is 0.259. The Morgan fingerprint density at radius 3 is 2.28 bits per heavy atom. The molecule has 2 amide bonds. The predicted octanol–water partition coefficient (Wildman–Crippen LogP) is 2.53. The molecule has 0 bridgehead atoms. The lowest BCUT2D eigenvalue weighted by atomic mass is 10.0. The van der Waals surface area contributed by atoms with Crippen molar-refractivity contribution in [2.75, 3.05) is 5.32 Å². The number of H-pyrrole nitrogens is 2. The van der Waals surface area contributed by atoms with Crippen LogP contribution in [0.2, 0.25) is 5.02 Å². The van der Waals surface area contributed by atoms with Gasteiger partial charge in [0.2, 0.25) is 17.7 Å². The van der Waals surface area contributed by atoms with Crippen molar-refractivity contribution in [1.82, 2.24) is 15.3 Å². The third-order valence-electron chi connectivity index (χ3n) is 5.15. The zero-order valence-corrected chi connectivity index (χ0v) is 22.2. The standard InChI is InChI=1S/C23H20ClN5O5S.C2H4O2/c1-11-2-8-14(9-3-11)25-16(30)10-15-19(31)29-23(35-15)26-18(12-4-6-13(24)7-5-12)17-20(32)27-22(34)28-21(17)33;1-2(3)4/h2-9,15,18H,10H2,1H3,(H,25,30)(H,26,29,31)(H3,27,28,32,33,34);1H3,(H,3,4). The van der Waals surface area contributed by atoms with E-state index in [0.717, 1.165) is 24.2 Å². The number of aryl methyl sites for hydroxylation is 1. The second-order valence-corrected chi connectivity index (χ2v) is 9.92. The van der Waals surface area contributed by atoms with Crippen LogP contribution in [0.4, 0.5) is 5.69 Å². The molecule has 2 atom stereocenters. The highest BCUT2D eigenvalue weighted by Crippen LogP contribution is 2.32. The van der Waals surface area contributed by atoms with Gasteiger partial charge < -0.3 is 20.8 Å². The first kappa shape index (κ1) is 29.2. The van der Waals surface area contributed by atoms with Crippen LogP contribution >= 0.6 is 23.4 Å². The summed E-state index contributed by atoms with van der Waals surface area (Å²) < 4.78 is 0. The van der Waals surface area contributed by atoms with E-state index in [4.69, 9.17) is 21.5 Å². The van der Waals surface area contributed by atoms with Gasteiger partial charge in [-0.15, -0.1) is 0 Å². The number of amidine groups is 1. The van der Waals surface area contributed by atoms with E-state index in [9.17, 15) is 24.3 Å². The zero-order chi connectivity index (χ0) is 28.7. The number of benzene rings is 2. The topological polar surface area (TPSA) is 194 Å². The number of carbonyl (C=O) groups is 3. The Labute approximate surface area is 230 Å². The molecule has 14 heteroatoms. The van der Waals surface area contributed by atoms with Gasteiger partial charge in [-0.3, -0.25) is 29.1 Å². The Morgan fingerprint density at radius 2 is 1.69 bits per heavy atom. The number of nitrogens with one attached hydrogen (secondary N) is 4. The number of thioether (sulfide) groups is 1. The van der Waals surface area contributed by atoms with Gasteiger partial charge in [-0.2, -0.15) is 0 Å². The summed E-state index contributed by atoms with van der Waals surface area (Å²) in [5.74, 6) is -2.24. The van der Waals surface area contributed by atoms with Gasteiger partial charge in [-0.1, -0.05) is 53.2 Å². The molecular formula is C25H24ClN5O7S. The van der Waals surface area contributed by atoms with Crippen molar-refractivity contribution >= 4 is 52.0 Å². The van der Waals surface area contributed by atoms with Gasteiger partial charge in [0.05, 0.1) is 0 Å². The lowest BCUT2D eigenvalue weighted by Gasteiger charge is -2.14. The molecule has 2 heterocycles. The van der Waals surface area contributed by atoms with Gasteiger partial charge in [0.1, 0.15) is 16.9 Å². The molecule has 1 saturated heterocycles. The van der Waals surface area contributed by atoms with Crippen molar-refractivity contribution in [3.05, 3.63) is 91.1 Å². The lowest BCUT2D eigenvalue weighted by molar-refractivity contribution is -0.134. The Hall–Kier alpha value is -4.36. The number of carboxylic acids is 1. The number of aliphatic carboxylic acids is 1. The van der Waals surface area contributed by atoms with E-state index >= 15 is 0 Å². The molecule has 0 aliphatic carbocycles. The molecule has 12 nitrogen and oxygen atoms in total. The molecule has 1 aliphatic rings. The summed E-state index contributed by atoms with van der Waals surface area (Å²) in [5, 5.41) is 22.9. The number of anilines is 1. The van der Waals surface area contributed by atoms with Gasteiger partial charge in [-0.05, 0) is 36.8 Å². The highest BCUT2D eigenvalue weighted by atomic mass is 35.5. The van der Waals surface area contributed by atoms with Gasteiger partial charge in [-0.25, -0.2) is 9.79 Å². The molecule has 204 valence electrons. The Bertz CT molecular complexity index is 1510. The van der Waals surface area contributed by atoms with Crippen LogP contribution in [-0.2, 0) is 14.4 Å². The van der Waals surface area contributed by atoms with Gasteiger partial charge >= 0.3 is 5.69 Å². The SMILES string of the molecule is CC(=O)O.Cc1ccc(NC(=O)CC2SC(=NC(c3ccc(Cl)cc3)c3c(O)[nH]c(=O)[nH]c3=O)NC2=O)cc1. The maximum absolute atomic E-state index is 12.5. The number of carbonyl (C=O) groups excluding carboxylic acids is 2. The largest absolute Gasteiger partial charge is 0.494 e. The number of aromatic hydroxyl groups is 1. The summed E-state index contributed by atoms with van der Waals surface area (Å²) in [6.45, 7) is 3.02. The van der Waals surface area contributed by atoms with E-state index in [2.05, 4.69) is 25.6 Å². The van der Waals surface area contributed by atoms with Crippen molar-refractivity contribution in [1.29, 1.82) is 0 Å². The van der Waals surface area contributed by atoms with E-state index in [1.165, 1.54) is 0 Å². The monoisotopic (exact) mass is 573 g/mol. The number of aliphatic imine (C=N–C) groups is 1. The molecule has 0 spiro atoms. The minimum absolute atomic E-state index is 0.0977. The fraction of sp³-hybridized carbons (Fsp3) is 0.200. The minimum Gasteiger partial charge on any atom is -0.494 e. The molecule has 2 unspecified atom stereocenters. The Kier molecular flexibility index (Phi) is 9.68. The van der Waals surface area contributed by atoms with Crippen LogP contribution in [0.3, 0.4) is 0 Å². The number of amides is 2. The van der Waals surface area contributed by atoms with Crippen LogP contribution < -0.4 is 21.9 Å². The highest BCUT2D eigenvalue weighted by Gasteiger charge is 2.33. The number of rotatable bonds is 6. The van der Waals surface area contributed by atoms with E-state index in [1.54, 1.807) is 36.4 Å². The molecule has 0 saturated carbocycles. The Morgan fingerprint density at radius 1 is 1.08 bits per heavy atom. The first-order chi connectivity index (χ1) is 18.4. The van der Waals surface area contributed by atoms with E-state index in [0.29, 0.717) is 16.3 Å². The van der Waals surface area contributed by atoms with Crippen molar-refractivity contribution in [2.24, 2.45) is 4.99 Å². The number of hydrogen-bond donors (Lipinski definition) is 6. The first-order valence-electron chi connectivity index (χ1n) is 11.3. The highest BCUT2D eigenvalue weighted by molar-refractivity contribution is 8.15. The van der Waals surface area contributed by atoms with Crippen molar-refractivity contribution < 1.29 is 24.6 Å². The second-order valence-electron chi connectivity index (χ2n) is 8.29. The van der Waals surface area contributed by atoms with E-state index in [1.807, 2.05) is 19.1 Å². The predicted molar refractivity (Wildman–Crippen MR) is 147 cm³/mol. The number of aromatic nitrogens is 2. The first-order valence-corrected chi connectivity index (χ1v) is 12.6. The minimum atomic E-state index is -1.07. The third-order valence-corrected chi connectivity index (χ3v) is 6.49. The molecular weight excluding hydrogens is 550 g/mol. The molecule has 1 aromatic heterocycles. The fourth-order valence-corrected chi connectivity index (χ4v) is 4.55. The van der Waals surface area contributed by atoms with Crippen molar-refractivity contribution in [2.45, 2.75) is 31.6 Å². The molecule has 3 aromatic rings. The van der Waals surface area contributed by atoms with Crippen LogP contribution in [0, 0.1) is 6.92 Å². The molecule has 1 fully saturated rings. The van der Waals surface area contributed by atoms with Crippen LogP contribution in [-0.4, -0.2) is 48.4 Å². The summed E-state index contributed by atoms with van der Waals surface area (Å²) in [6.07, 6.45) is -0.0977. The molecule has 39 heavy (non-hydrogen) atoms. The number of halogens is 1.